The molecule has 2 rings (SSSR count). The van der Waals surface area contributed by atoms with Gasteiger partial charge in [0.15, 0.2) is 0 Å². The molecule has 0 bridgehead atoms. The fraction of sp³-hybridized carbons (Fsp3) is 0.778. The summed E-state index contributed by atoms with van der Waals surface area (Å²) in [4.78, 5) is 1.56. The summed E-state index contributed by atoms with van der Waals surface area (Å²) in [6.07, 6.45) is 14.1. The molecule has 0 aliphatic heterocycles. The number of rotatable bonds is 10. The van der Waals surface area contributed by atoms with Gasteiger partial charge in [-0.2, -0.15) is 0 Å². The first-order valence-electron chi connectivity index (χ1n) is 8.68. The minimum Gasteiger partial charge on any atom is -0.309 e. The summed E-state index contributed by atoms with van der Waals surface area (Å²) in [5.74, 6) is 0.883. The van der Waals surface area contributed by atoms with Gasteiger partial charge in [0.1, 0.15) is 0 Å². The molecule has 1 saturated carbocycles. The van der Waals surface area contributed by atoms with Crippen LogP contribution in [0.4, 0.5) is 0 Å². The Labute approximate surface area is 129 Å². The maximum absolute atomic E-state index is 3.87. The Morgan fingerprint density at radius 3 is 2.60 bits per heavy atom. The zero-order valence-electron chi connectivity index (χ0n) is 13.1. The molecule has 1 aliphatic carbocycles. The van der Waals surface area contributed by atoms with Crippen LogP contribution in [0.15, 0.2) is 17.5 Å². The summed E-state index contributed by atoms with van der Waals surface area (Å²) in [5, 5.41) is 6.09. The van der Waals surface area contributed by atoms with Crippen molar-refractivity contribution in [1.29, 1.82) is 0 Å². The van der Waals surface area contributed by atoms with Crippen LogP contribution in [0.25, 0.3) is 0 Å². The predicted molar refractivity (Wildman–Crippen MR) is 90.4 cm³/mol. The van der Waals surface area contributed by atoms with Gasteiger partial charge in [-0.15, -0.1) is 11.3 Å². The monoisotopic (exact) mass is 293 g/mol. The normalized spacial score (nSPS) is 17.6. The zero-order chi connectivity index (χ0) is 14.0. The molecule has 1 atom stereocenters. The smallest absolute Gasteiger partial charge is 0.0443 e. The van der Waals surface area contributed by atoms with E-state index in [1.54, 1.807) is 4.88 Å². The second kappa shape index (κ2) is 9.57. The van der Waals surface area contributed by atoms with Gasteiger partial charge in [0, 0.05) is 10.9 Å². The van der Waals surface area contributed by atoms with Crippen molar-refractivity contribution in [2.45, 2.75) is 77.2 Å². The van der Waals surface area contributed by atoms with E-state index in [0.717, 1.165) is 5.92 Å². The van der Waals surface area contributed by atoms with Crippen molar-refractivity contribution >= 4 is 11.3 Å². The van der Waals surface area contributed by atoms with Gasteiger partial charge in [-0.25, -0.2) is 0 Å². The van der Waals surface area contributed by atoms with Crippen molar-refractivity contribution in [2.24, 2.45) is 5.92 Å². The maximum Gasteiger partial charge on any atom is 0.0443 e. The summed E-state index contributed by atoms with van der Waals surface area (Å²) < 4.78 is 0. The molecule has 114 valence electrons. The highest BCUT2D eigenvalue weighted by Gasteiger charge is 2.26. The third kappa shape index (κ3) is 5.21. The first kappa shape index (κ1) is 16.0. The van der Waals surface area contributed by atoms with Crippen molar-refractivity contribution in [1.82, 2.24) is 5.32 Å². The van der Waals surface area contributed by atoms with Gasteiger partial charge in [0.25, 0.3) is 0 Å². The van der Waals surface area contributed by atoms with Crippen LogP contribution in [0.2, 0.25) is 0 Å². The first-order valence-corrected chi connectivity index (χ1v) is 9.56. The van der Waals surface area contributed by atoms with E-state index < -0.39 is 0 Å². The molecule has 0 aromatic carbocycles. The van der Waals surface area contributed by atoms with Crippen LogP contribution in [0, 0.1) is 5.92 Å². The number of unbranched alkanes of at least 4 members (excludes halogenated alkanes) is 5. The molecule has 1 fully saturated rings. The van der Waals surface area contributed by atoms with Crippen LogP contribution < -0.4 is 5.32 Å². The van der Waals surface area contributed by atoms with Gasteiger partial charge in [-0.05, 0) is 43.2 Å². The largest absolute Gasteiger partial charge is 0.309 e. The van der Waals surface area contributed by atoms with Crippen molar-refractivity contribution in [3.05, 3.63) is 22.4 Å². The highest BCUT2D eigenvalue weighted by molar-refractivity contribution is 7.10. The molecule has 0 spiro atoms. The molecular formula is C18H31NS. The summed E-state index contributed by atoms with van der Waals surface area (Å²) in [7, 11) is 0. The second-order valence-electron chi connectivity index (χ2n) is 6.26. The summed E-state index contributed by atoms with van der Waals surface area (Å²) in [5.41, 5.74) is 0. The lowest BCUT2D eigenvalue weighted by atomic mass is 9.96. The van der Waals surface area contributed by atoms with Crippen LogP contribution >= 0.6 is 11.3 Å². The maximum atomic E-state index is 3.87. The van der Waals surface area contributed by atoms with E-state index in [2.05, 4.69) is 29.8 Å². The highest BCUT2D eigenvalue weighted by Crippen LogP contribution is 2.37. The number of hydrogen-bond acceptors (Lipinski definition) is 2. The number of nitrogens with one attached hydrogen (secondary N) is 1. The Kier molecular flexibility index (Phi) is 7.67. The minimum atomic E-state index is 0.633. The van der Waals surface area contributed by atoms with Gasteiger partial charge in [-0.1, -0.05) is 57.9 Å². The Morgan fingerprint density at radius 2 is 1.90 bits per heavy atom. The third-order valence-corrected chi connectivity index (χ3v) is 5.57. The Bertz CT molecular complexity index is 327. The number of hydrogen-bond donors (Lipinski definition) is 1. The average Bonchev–Trinajstić information content (AvgIpc) is 3.14. The Morgan fingerprint density at radius 1 is 1.15 bits per heavy atom. The predicted octanol–water partition coefficient (Wildman–Crippen LogP) is 5.93. The molecule has 0 radical (unpaired) electrons. The molecular weight excluding hydrogens is 262 g/mol. The van der Waals surface area contributed by atoms with E-state index in [1.807, 2.05) is 11.3 Å². The van der Waals surface area contributed by atoms with Crippen LogP contribution in [-0.2, 0) is 0 Å². The van der Waals surface area contributed by atoms with E-state index in [4.69, 9.17) is 0 Å². The quantitative estimate of drug-likeness (QED) is 0.527. The Hall–Kier alpha value is -0.340. The summed E-state index contributed by atoms with van der Waals surface area (Å²) >= 11 is 1.93. The lowest BCUT2D eigenvalue weighted by Crippen LogP contribution is -2.27. The van der Waals surface area contributed by atoms with Crippen molar-refractivity contribution in [3.8, 4) is 0 Å². The van der Waals surface area contributed by atoms with Gasteiger partial charge in [0.05, 0.1) is 0 Å². The molecule has 0 saturated heterocycles. The second-order valence-corrected chi connectivity index (χ2v) is 7.24. The third-order valence-electron chi connectivity index (χ3n) is 4.62. The van der Waals surface area contributed by atoms with Crippen LogP contribution in [-0.4, -0.2) is 6.54 Å². The van der Waals surface area contributed by atoms with Crippen LogP contribution in [0.1, 0.15) is 82.1 Å². The molecule has 1 nitrogen and oxygen atoms in total. The average molecular weight is 294 g/mol. The van der Waals surface area contributed by atoms with E-state index in [1.165, 1.54) is 70.8 Å². The molecule has 2 heteroatoms. The fourth-order valence-electron chi connectivity index (χ4n) is 3.42. The van der Waals surface area contributed by atoms with Crippen LogP contribution in [0.3, 0.4) is 0 Å². The van der Waals surface area contributed by atoms with E-state index in [0.29, 0.717) is 6.04 Å². The van der Waals surface area contributed by atoms with Crippen molar-refractivity contribution in [3.63, 3.8) is 0 Å². The van der Waals surface area contributed by atoms with Gasteiger partial charge in [-0.3, -0.25) is 0 Å². The van der Waals surface area contributed by atoms with Gasteiger partial charge >= 0.3 is 0 Å². The van der Waals surface area contributed by atoms with E-state index in [-0.39, 0.29) is 0 Å². The molecule has 20 heavy (non-hydrogen) atoms. The summed E-state index contributed by atoms with van der Waals surface area (Å²) in [6, 6.07) is 5.16. The molecule has 1 aromatic heterocycles. The first-order chi connectivity index (χ1) is 9.92. The minimum absolute atomic E-state index is 0.633. The van der Waals surface area contributed by atoms with E-state index >= 15 is 0 Å². The molecule has 0 amide bonds. The van der Waals surface area contributed by atoms with Gasteiger partial charge < -0.3 is 5.32 Å². The molecule has 1 N–H and O–H groups in total. The highest BCUT2D eigenvalue weighted by atomic mass is 32.1. The number of thiophene rings is 1. The van der Waals surface area contributed by atoms with Gasteiger partial charge in [0.2, 0.25) is 0 Å². The SMILES string of the molecule is CCCCCCCCNC(c1cccs1)C1CCCC1. The lowest BCUT2D eigenvalue weighted by molar-refractivity contribution is 0.368. The zero-order valence-corrected chi connectivity index (χ0v) is 13.9. The van der Waals surface area contributed by atoms with Crippen molar-refractivity contribution in [2.75, 3.05) is 6.54 Å². The topological polar surface area (TPSA) is 12.0 Å². The lowest BCUT2D eigenvalue weighted by Gasteiger charge is -2.24. The fourth-order valence-corrected chi connectivity index (χ4v) is 4.32. The molecule has 1 unspecified atom stereocenters. The standard InChI is InChI=1S/C18H31NS/c1-2-3-4-5-6-9-14-19-18(16-11-7-8-12-16)17-13-10-15-20-17/h10,13,15-16,18-19H,2-9,11-12,14H2,1H3. The van der Waals surface area contributed by atoms with Crippen LogP contribution in [0.5, 0.6) is 0 Å². The molecule has 1 aromatic rings. The molecule has 1 aliphatic rings. The van der Waals surface area contributed by atoms with Crippen molar-refractivity contribution < 1.29 is 0 Å². The van der Waals surface area contributed by atoms with E-state index in [9.17, 15) is 0 Å². The summed E-state index contributed by atoms with van der Waals surface area (Å²) in [6.45, 7) is 3.49. The Balaban J connectivity index is 1.69. The molecule has 1 heterocycles.